The quantitative estimate of drug-likeness (QED) is 0.828. The fourth-order valence-corrected chi connectivity index (χ4v) is 5.82. The Morgan fingerprint density at radius 1 is 1.11 bits per heavy atom. The van der Waals surface area contributed by atoms with Crippen molar-refractivity contribution in [2.45, 2.75) is 56.4 Å². The molecule has 3 rings (SSSR count). The van der Waals surface area contributed by atoms with Crippen LogP contribution in [0.5, 0.6) is 0 Å². The second-order valence-corrected chi connectivity index (χ2v) is 9.75. The first kappa shape index (κ1) is 20.3. The molecule has 1 aliphatic heterocycles. The lowest BCUT2D eigenvalue weighted by molar-refractivity contribution is -0.141. The summed E-state index contributed by atoms with van der Waals surface area (Å²) >= 11 is 0. The molecule has 0 bridgehead atoms. The summed E-state index contributed by atoms with van der Waals surface area (Å²) in [5.41, 5.74) is 0.779. The van der Waals surface area contributed by atoms with E-state index in [-0.39, 0.29) is 23.6 Å². The van der Waals surface area contributed by atoms with Gasteiger partial charge in [0.15, 0.2) is 0 Å². The van der Waals surface area contributed by atoms with Crippen LogP contribution in [0.4, 0.5) is 0 Å². The number of nitrogens with zero attached hydrogens (tertiary/aromatic N) is 2. The molecular formula is C20H30N2O4S. The summed E-state index contributed by atoms with van der Waals surface area (Å²) in [6.45, 7) is 0.763. The highest BCUT2D eigenvalue weighted by Gasteiger charge is 2.36. The third-order valence-corrected chi connectivity index (χ3v) is 7.78. The van der Waals surface area contributed by atoms with E-state index in [1.807, 2.05) is 30.3 Å². The number of aliphatic hydroxyl groups excluding tert-OH is 1. The predicted molar refractivity (Wildman–Crippen MR) is 104 cm³/mol. The van der Waals surface area contributed by atoms with Crippen LogP contribution in [0.25, 0.3) is 0 Å². The molecule has 6 nitrogen and oxygen atoms in total. The SMILES string of the molecule is CN(C(=O)C1CCN(S(=O)(=O)Cc2ccccc2)CC1)[C@H]1CCCC[C@@H]1O. The Morgan fingerprint density at radius 3 is 2.37 bits per heavy atom. The van der Waals surface area contributed by atoms with E-state index in [2.05, 4.69) is 0 Å². The lowest BCUT2D eigenvalue weighted by Gasteiger charge is -2.38. The Morgan fingerprint density at radius 2 is 1.74 bits per heavy atom. The molecule has 1 saturated heterocycles. The monoisotopic (exact) mass is 394 g/mol. The molecule has 150 valence electrons. The predicted octanol–water partition coefficient (Wildman–Crippen LogP) is 1.99. The Bertz CT molecular complexity index is 730. The highest BCUT2D eigenvalue weighted by Crippen LogP contribution is 2.27. The molecule has 0 radical (unpaired) electrons. The highest BCUT2D eigenvalue weighted by atomic mass is 32.2. The zero-order valence-electron chi connectivity index (χ0n) is 16.0. The van der Waals surface area contributed by atoms with Gasteiger partial charge in [0.2, 0.25) is 15.9 Å². The average Bonchev–Trinajstić information content (AvgIpc) is 2.68. The largest absolute Gasteiger partial charge is 0.391 e. The molecule has 1 heterocycles. The summed E-state index contributed by atoms with van der Waals surface area (Å²) < 4.78 is 26.8. The summed E-state index contributed by atoms with van der Waals surface area (Å²) in [7, 11) is -1.59. The molecule has 0 unspecified atom stereocenters. The highest BCUT2D eigenvalue weighted by molar-refractivity contribution is 7.88. The Balaban J connectivity index is 1.55. The van der Waals surface area contributed by atoms with E-state index < -0.39 is 16.1 Å². The zero-order valence-corrected chi connectivity index (χ0v) is 16.8. The molecule has 7 heteroatoms. The summed E-state index contributed by atoms with van der Waals surface area (Å²) in [6.07, 6.45) is 4.28. The lowest BCUT2D eigenvalue weighted by atomic mass is 9.89. The van der Waals surface area contributed by atoms with Crippen LogP contribution < -0.4 is 0 Å². The number of carbonyl (C=O) groups excluding carboxylic acids is 1. The first-order valence-electron chi connectivity index (χ1n) is 9.85. The Hall–Kier alpha value is -1.44. The molecule has 1 saturated carbocycles. The van der Waals surface area contributed by atoms with E-state index in [0.29, 0.717) is 25.9 Å². The second-order valence-electron chi connectivity index (χ2n) is 7.78. The standard InChI is InChI=1S/C20H30N2O4S/c1-21(18-9-5-6-10-19(18)23)20(24)17-11-13-22(14-12-17)27(25,26)15-16-7-3-2-4-8-16/h2-4,7-8,17-19,23H,5-6,9-15H2,1H3/t18-,19-/m0/s1. The fourth-order valence-electron chi connectivity index (χ4n) is 4.25. The Kier molecular flexibility index (Phi) is 6.55. The van der Waals surface area contributed by atoms with Gasteiger partial charge in [-0.05, 0) is 31.2 Å². The van der Waals surface area contributed by atoms with E-state index in [1.165, 1.54) is 4.31 Å². The number of likely N-dealkylation sites (N-methyl/N-ethyl adjacent to an activating group) is 1. The number of amides is 1. The first-order chi connectivity index (χ1) is 12.9. The van der Waals surface area contributed by atoms with E-state index in [1.54, 1.807) is 11.9 Å². The summed E-state index contributed by atoms with van der Waals surface area (Å²) in [4.78, 5) is 14.5. The molecular weight excluding hydrogens is 364 g/mol. The van der Waals surface area contributed by atoms with Crippen LogP contribution in [0.15, 0.2) is 30.3 Å². The van der Waals surface area contributed by atoms with Gasteiger partial charge in [-0.3, -0.25) is 4.79 Å². The van der Waals surface area contributed by atoms with Crippen LogP contribution in [-0.2, 0) is 20.6 Å². The van der Waals surface area contributed by atoms with Crippen molar-refractivity contribution in [1.29, 1.82) is 0 Å². The molecule has 1 aromatic rings. The number of rotatable bonds is 5. The van der Waals surface area contributed by atoms with E-state index in [4.69, 9.17) is 0 Å². The third kappa shape index (κ3) is 4.89. The third-order valence-electron chi connectivity index (χ3n) is 5.93. The maximum Gasteiger partial charge on any atom is 0.225 e. The van der Waals surface area contributed by atoms with Gasteiger partial charge in [0.25, 0.3) is 0 Å². The van der Waals surface area contributed by atoms with Crippen LogP contribution in [0.1, 0.15) is 44.1 Å². The molecule has 27 heavy (non-hydrogen) atoms. The van der Waals surface area contributed by atoms with Gasteiger partial charge in [-0.25, -0.2) is 12.7 Å². The van der Waals surface area contributed by atoms with Crippen molar-refractivity contribution in [3.05, 3.63) is 35.9 Å². The molecule has 0 aromatic heterocycles. The van der Waals surface area contributed by atoms with Gasteiger partial charge in [-0.2, -0.15) is 0 Å². The molecule has 1 aliphatic carbocycles. The van der Waals surface area contributed by atoms with Gasteiger partial charge in [0, 0.05) is 26.1 Å². The van der Waals surface area contributed by atoms with Crippen LogP contribution >= 0.6 is 0 Å². The number of piperidine rings is 1. The first-order valence-corrected chi connectivity index (χ1v) is 11.5. The molecule has 1 aromatic carbocycles. The number of aliphatic hydroxyl groups is 1. The van der Waals surface area contributed by atoms with Gasteiger partial charge >= 0.3 is 0 Å². The van der Waals surface area contributed by atoms with E-state index in [0.717, 1.165) is 31.2 Å². The van der Waals surface area contributed by atoms with Crippen molar-refractivity contribution in [3.63, 3.8) is 0 Å². The van der Waals surface area contributed by atoms with E-state index >= 15 is 0 Å². The average molecular weight is 395 g/mol. The van der Waals surface area contributed by atoms with Gasteiger partial charge < -0.3 is 10.0 Å². The second kappa shape index (κ2) is 8.71. The fraction of sp³-hybridized carbons (Fsp3) is 0.650. The molecule has 2 aliphatic rings. The van der Waals surface area contributed by atoms with Gasteiger partial charge in [0.1, 0.15) is 0 Å². The van der Waals surface area contributed by atoms with Crippen molar-refractivity contribution >= 4 is 15.9 Å². The number of sulfonamides is 1. The maximum atomic E-state index is 12.8. The summed E-state index contributed by atoms with van der Waals surface area (Å²) in [6, 6.07) is 9.08. The lowest BCUT2D eigenvalue weighted by Crippen LogP contribution is -2.50. The van der Waals surface area contributed by atoms with Crippen molar-refractivity contribution in [3.8, 4) is 0 Å². The van der Waals surface area contributed by atoms with Crippen molar-refractivity contribution < 1.29 is 18.3 Å². The topological polar surface area (TPSA) is 77.9 Å². The summed E-state index contributed by atoms with van der Waals surface area (Å²) in [5, 5.41) is 10.2. The number of hydrogen-bond donors (Lipinski definition) is 1. The van der Waals surface area contributed by atoms with E-state index in [9.17, 15) is 18.3 Å². The minimum Gasteiger partial charge on any atom is -0.391 e. The molecule has 2 atom stereocenters. The molecule has 2 fully saturated rings. The molecule has 1 amide bonds. The van der Waals surface area contributed by atoms with Crippen molar-refractivity contribution in [1.82, 2.24) is 9.21 Å². The number of carbonyl (C=O) groups is 1. The minimum absolute atomic E-state index is 0.000617. The van der Waals surface area contributed by atoms with Gasteiger partial charge in [-0.15, -0.1) is 0 Å². The normalized spacial score (nSPS) is 25.3. The van der Waals surface area contributed by atoms with Crippen LogP contribution in [-0.4, -0.2) is 60.9 Å². The van der Waals surface area contributed by atoms with Crippen molar-refractivity contribution in [2.75, 3.05) is 20.1 Å². The maximum absolute atomic E-state index is 12.8. The van der Waals surface area contributed by atoms with Crippen molar-refractivity contribution in [2.24, 2.45) is 5.92 Å². The number of hydrogen-bond acceptors (Lipinski definition) is 4. The zero-order chi connectivity index (χ0) is 19.4. The number of benzene rings is 1. The van der Waals surface area contributed by atoms with Crippen LogP contribution in [0.3, 0.4) is 0 Å². The minimum atomic E-state index is -3.37. The Labute approximate surface area is 162 Å². The molecule has 0 spiro atoms. The van der Waals surface area contributed by atoms with Crippen LogP contribution in [0, 0.1) is 5.92 Å². The molecule has 1 N–H and O–H groups in total. The summed E-state index contributed by atoms with van der Waals surface area (Å²) in [5.74, 6) is -0.117. The van der Waals surface area contributed by atoms with Gasteiger partial charge in [-0.1, -0.05) is 43.2 Å². The van der Waals surface area contributed by atoms with Crippen LogP contribution in [0.2, 0.25) is 0 Å². The smallest absolute Gasteiger partial charge is 0.225 e. The van der Waals surface area contributed by atoms with Gasteiger partial charge in [0.05, 0.1) is 17.9 Å².